The van der Waals surface area contributed by atoms with Crippen LogP contribution in [0.1, 0.15) is 12.5 Å². The average molecular weight is 308 g/mol. The van der Waals surface area contributed by atoms with Gasteiger partial charge < -0.3 is 4.74 Å². The Labute approximate surface area is 104 Å². The average Bonchev–Trinajstić information content (AvgIpc) is 2.21. The van der Waals surface area contributed by atoms with E-state index in [2.05, 4.69) is 20.7 Å². The van der Waals surface area contributed by atoms with Crippen molar-refractivity contribution in [2.75, 3.05) is 0 Å². The van der Waals surface area contributed by atoms with Gasteiger partial charge in [0.05, 0.1) is 4.92 Å². The zero-order valence-corrected chi connectivity index (χ0v) is 10.3. The van der Waals surface area contributed by atoms with E-state index in [-0.39, 0.29) is 17.0 Å². The van der Waals surface area contributed by atoms with E-state index in [0.29, 0.717) is 4.47 Å². The van der Waals surface area contributed by atoms with Gasteiger partial charge in [0.25, 0.3) is 0 Å². The number of ether oxygens (including phenoxy) is 1. The number of allylic oxidation sites excluding steroid dienone is 1. The van der Waals surface area contributed by atoms with E-state index in [1.54, 1.807) is 0 Å². The lowest BCUT2D eigenvalue weighted by molar-refractivity contribution is -0.422. The standard InChI is InChI=1S/C10H8BrF2NO3/c1-6(14(15)16)4-7-5-8(11)2-3-9(7)17-10(12)13/h2-5,10H,1H3. The topological polar surface area (TPSA) is 52.4 Å². The zero-order valence-electron chi connectivity index (χ0n) is 8.69. The Kier molecular flexibility index (Phi) is 4.56. The van der Waals surface area contributed by atoms with Crippen LogP contribution < -0.4 is 4.74 Å². The van der Waals surface area contributed by atoms with Gasteiger partial charge in [-0.05, 0) is 18.2 Å². The molecular weight excluding hydrogens is 300 g/mol. The normalized spacial score (nSPS) is 11.7. The SMILES string of the molecule is CC(=Cc1cc(Br)ccc1OC(F)F)[N+](=O)[O-]. The predicted molar refractivity (Wildman–Crippen MR) is 61.4 cm³/mol. The molecule has 0 spiro atoms. The van der Waals surface area contributed by atoms with Gasteiger partial charge >= 0.3 is 6.61 Å². The van der Waals surface area contributed by atoms with Crippen LogP contribution in [0, 0.1) is 10.1 Å². The van der Waals surface area contributed by atoms with Crippen molar-refractivity contribution in [1.82, 2.24) is 0 Å². The van der Waals surface area contributed by atoms with E-state index in [1.165, 1.54) is 31.2 Å². The molecule has 0 amide bonds. The fourth-order valence-electron chi connectivity index (χ4n) is 1.11. The summed E-state index contributed by atoms with van der Waals surface area (Å²) in [4.78, 5) is 9.85. The molecule has 0 aliphatic rings. The molecule has 17 heavy (non-hydrogen) atoms. The summed E-state index contributed by atoms with van der Waals surface area (Å²) in [6, 6.07) is 4.29. The first-order chi connectivity index (χ1) is 7.90. The molecule has 0 aliphatic carbocycles. The molecule has 0 heterocycles. The third-order valence-corrected chi connectivity index (χ3v) is 2.33. The monoisotopic (exact) mass is 307 g/mol. The van der Waals surface area contributed by atoms with Gasteiger partial charge in [0, 0.05) is 23.0 Å². The molecule has 92 valence electrons. The number of alkyl halides is 2. The first-order valence-electron chi connectivity index (χ1n) is 4.47. The summed E-state index contributed by atoms with van der Waals surface area (Å²) in [6.45, 7) is -1.70. The molecule has 0 saturated heterocycles. The van der Waals surface area contributed by atoms with Crippen LogP contribution in [0.4, 0.5) is 8.78 Å². The van der Waals surface area contributed by atoms with Crippen LogP contribution in [0.15, 0.2) is 28.4 Å². The third-order valence-electron chi connectivity index (χ3n) is 1.84. The van der Waals surface area contributed by atoms with E-state index < -0.39 is 11.5 Å². The van der Waals surface area contributed by atoms with Crippen LogP contribution in [0.5, 0.6) is 5.75 Å². The van der Waals surface area contributed by atoms with Gasteiger partial charge in [-0.3, -0.25) is 10.1 Å². The van der Waals surface area contributed by atoms with Crippen LogP contribution in [0.25, 0.3) is 6.08 Å². The molecule has 0 saturated carbocycles. The van der Waals surface area contributed by atoms with Gasteiger partial charge in [-0.1, -0.05) is 15.9 Å². The largest absolute Gasteiger partial charge is 0.434 e. The van der Waals surface area contributed by atoms with Gasteiger partial charge in [0.2, 0.25) is 5.70 Å². The summed E-state index contributed by atoms with van der Waals surface area (Å²) in [5, 5.41) is 10.5. The molecule has 1 aromatic carbocycles. The van der Waals surface area contributed by atoms with Crippen LogP contribution in [-0.2, 0) is 0 Å². The second kappa shape index (κ2) is 5.72. The minimum atomic E-state index is -2.97. The Balaban J connectivity index is 3.15. The lowest BCUT2D eigenvalue weighted by Gasteiger charge is -2.08. The van der Waals surface area contributed by atoms with Crippen molar-refractivity contribution in [2.45, 2.75) is 13.5 Å². The van der Waals surface area contributed by atoms with Crippen LogP contribution >= 0.6 is 15.9 Å². The summed E-state index contributed by atoms with van der Waals surface area (Å²) in [6.07, 6.45) is 1.17. The maximum Gasteiger partial charge on any atom is 0.387 e. The first kappa shape index (κ1) is 13.6. The molecule has 7 heteroatoms. The second-order valence-corrected chi connectivity index (χ2v) is 4.02. The Morgan fingerprint density at radius 3 is 2.76 bits per heavy atom. The molecule has 1 rings (SSSR count). The summed E-state index contributed by atoms with van der Waals surface area (Å²) in [7, 11) is 0. The molecule has 0 radical (unpaired) electrons. The number of hydrogen-bond donors (Lipinski definition) is 0. The van der Waals surface area contributed by atoms with Crippen LogP contribution in [0.3, 0.4) is 0 Å². The summed E-state index contributed by atoms with van der Waals surface area (Å²) < 4.78 is 29.1. The third kappa shape index (κ3) is 4.10. The second-order valence-electron chi connectivity index (χ2n) is 3.10. The highest BCUT2D eigenvalue weighted by Crippen LogP contribution is 2.26. The van der Waals surface area contributed by atoms with Crippen molar-refractivity contribution in [3.63, 3.8) is 0 Å². The van der Waals surface area contributed by atoms with Gasteiger partial charge in [-0.15, -0.1) is 0 Å². The van der Waals surface area contributed by atoms with Crippen molar-refractivity contribution in [3.05, 3.63) is 44.0 Å². The van der Waals surface area contributed by atoms with Gasteiger partial charge in [-0.2, -0.15) is 8.78 Å². The van der Waals surface area contributed by atoms with E-state index in [1.807, 2.05) is 0 Å². The summed E-state index contributed by atoms with van der Waals surface area (Å²) in [5.41, 5.74) is 0.0519. The highest BCUT2D eigenvalue weighted by atomic mass is 79.9. The van der Waals surface area contributed by atoms with Crippen LogP contribution in [0.2, 0.25) is 0 Å². The van der Waals surface area contributed by atoms with Gasteiger partial charge in [-0.25, -0.2) is 0 Å². The number of hydrogen-bond acceptors (Lipinski definition) is 3. The maximum absolute atomic E-state index is 12.1. The first-order valence-corrected chi connectivity index (χ1v) is 5.26. The lowest BCUT2D eigenvalue weighted by atomic mass is 10.2. The Morgan fingerprint density at radius 2 is 2.24 bits per heavy atom. The highest BCUT2D eigenvalue weighted by Gasteiger charge is 2.11. The molecule has 0 atom stereocenters. The van der Waals surface area contributed by atoms with E-state index >= 15 is 0 Å². The number of nitro groups is 1. The van der Waals surface area contributed by atoms with Gasteiger partial charge in [0.1, 0.15) is 5.75 Å². The fraction of sp³-hybridized carbons (Fsp3) is 0.200. The molecule has 0 aromatic heterocycles. The minimum absolute atomic E-state index is 0.107. The lowest BCUT2D eigenvalue weighted by Crippen LogP contribution is -2.03. The summed E-state index contributed by atoms with van der Waals surface area (Å²) >= 11 is 3.15. The highest BCUT2D eigenvalue weighted by molar-refractivity contribution is 9.10. The number of halogens is 3. The van der Waals surface area contributed by atoms with Crippen molar-refractivity contribution >= 4 is 22.0 Å². The number of rotatable bonds is 4. The molecule has 0 bridgehead atoms. The molecule has 0 N–H and O–H groups in total. The minimum Gasteiger partial charge on any atom is -0.434 e. The van der Waals surface area contributed by atoms with Crippen molar-refractivity contribution in [3.8, 4) is 5.75 Å². The van der Waals surface area contributed by atoms with E-state index in [9.17, 15) is 18.9 Å². The van der Waals surface area contributed by atoms with Crippen LogP contribution in [-0.4, -0.2) is 11.5 Å². The molecular formula is C10H8BrF2NO3. The number of benzene rings is 1. The zero-order chi connectivity index (χ0) is 13.0. The van der Waals surface area contributed by atoms with Gasteiger partial charge in [0.15, 0.2) is 0 Å². The maximum atomic E-state index is 12.1. The molecule has 0 aliphatic heterocycles. The van der Waals surface area contributed by atoms with Crippen molar-refractivity contribution < 1.29 is 18.4 Å². The Bertz CT molecular complexity index is 463. The summed E-state index contributed by atoms with van der Waals surface area (Å²) in [5.74, 6) is -0.107. The Hall–Kier alpha value is -1.50. The van der Waals surface area contributed by atoms with Crippen molar-refractivity contribution in [2.24, 2.45) is 0 Å². The smallest absolute Gasteiger partial charge is 0.387 e. The number of nitrogens with zero attached hydrogens (tertiary/aromatic N) is 1. The molecule has 0 unspecified atom stereocenters. The quantitative estimate of drug-likeness (QED) is 0.629. The van der Waals surface area contributed by atoms with E-state index in [0.717, 1.165) is 0 Å². The molecule has 0 fully saturated rings. The Morgan fingerprint density at radius 1 is 1.59 bits per heavy atom. The molecule has 1 aromatic rings. The van der Waals surface area contributed by atoms with Crippen molar-refractivity contribution in [1.29, 1.82) is 0 Å². The predicted octanol–water partition coefficient (Wildman–Crippen LogP) is 3.69. The molecule has 4 nitrogen and oxygen atoms in total. The van der Waals surface area contributed by atoms with E-state index in [4.69, 9.17) is 0 Å². The fourth-order valence-corrected chi connectivity index (χ4v) is 1.49.